The maximum Gasteiger partial charge on any atom is 0.344 e. The van der Waals surface area contributed by atoms with Gasteiger partial charge in [0.25, 0.3) is 0 Å². The van der Waals surface area contributed by atoms with Crippen molar-refractivity contribution in [2.24, 2.45) is 0 Å². The molecule has 0 unspecified atom stereocenters. The van der Waals surface area contributed by atoms with E-state index in [9.17, 15) is 28.8 Å². The van der Waals surface area contributed by atoms with Crippen molar-refractivity contribution < 1.29 is 57.9 Å². The normalized spacial score (nSPS) is 9.69. The summed E-state index contributed by atoms with van der Waals surface area (Å²) in [6.07, 6.45) is 0.281. The summed E-state index contributed by atoms with van der Waals surface area (Å²) in [4.78, 5) is 64.9. The molecule has 0 fully saturated rings. The van der Waals surface area contributed by atoms with E-state index in [1.807, 2.05) is 0 Å². The average molecular weight is 378 g/mol. The van der Waals surface area contributed by atoms with Crippen LogP contribution in [0.25, 0.3) is 0 Å². The van der Waals surface area contributed by atoms with Crippen molar-refractivity contribution in [2.45, 2.75) is 25.7 Å². The summed E-state index contributed by atoms with van der Waals surface area (Å²) in [6, 6.07) is 0. The number of unbranched alkanes of at least 4 members (excludes halogenated alkanes) is 1. The monoisotopic (exact) mass is 378 g/mol. The number of carbonyl (C=O) groups is 6. The highest BCUT2D eigenvalue weighted by atomic mass is 16.6. The predicted octanol–water partition coefficient (Wildman–Crippen LogP) is -1.11. The maximum absolute atomic E-state index is 11.3. The highest BCUT2D eigenvalue weighted by Crippen LogP contribution is 2.03. The molecule has 0 bridgehead atoms. The van der Waals surface area contributed by atoms with E-state index in [-0.39, 0.29) is 25.7 Å². The number of hydrogen-bond acceptors (Lipinski definition) is 10. The smallest absolute Gasteiger partial charge is 0.344 e. The zero-order valence-electron chi connectivity index (χ0n) is 13.6. The molecule has 0 spiro atoms. The second-order valence-corrected chi connectivity index (χ2v) is 4.64. The minimum absolute atomic E-state index is 0.0971. The van der Waals surface area contributed by atoms with Crippen molar-refractivity contribution in [2.75, 3.05) is 26.4 Å². The Labute approximate surface area is 146 Å². The van der Waals surface area contributed by atoms with Gasteiger partial charge in [0.1, 0.15) is 0 Å². The molecule has 0 aromatic carbocycles. The molecule has 0 amide bonds. The zero-order valence-corrected chi connectivity index (χ0v) is 13.6. The van der Waals surface area contributed by atoms with Crippen molar-refractivity contribution >= 4 is 35.8 Å². The summed E-state index contributed by atoms with van der Waals surface area (Å²) in [7, 11) is 0. The van der Waals surface area contributed by atoms with Gasteiger partial charge in [0.15, 0.2) is 26.4 Å². The average Bonchev–Trinajstić information content (AvgIpc) is 2.58. The third-order valence-corrected chi connectivity index (χ3v) is 2.43. The van der Waals surface area contributed by atoms with Crippen LogP contribution in [-0.2, 0) is 47.7 Å². The Morgan fingerprint density at radius 2 is 0.808 bits per heavy atom. The molecule has 0 aromatic heterocycles. The fourth-order valence-corrected chi connectivity index (χ4v) is 1.33. The lowest BCUT2D eigenvalue weighted by Crippen LogP contribution is -2.20. The number of aliphatic carboxylic acids is 2. The fourth-order valence-electron chi connectivity index (χ4n) is 1.33. The van der Waals surface area contributed by atoms with Crippen LogP contribution in [0.1, 0.15) is 25.7 Å². The molecule has 12 nitrogen and oxygen atoms in total. The van der Waals surface area contributed by atoms with Crippen LogP contribution in [0.15, 0.2) is 0 Å². The van der Waals surface area contributed by atoms with Gasteiger partial charge in [-0.25, -0.2) is 19.2 Å². The lowest BCUT2D eigenvalue weighted by Gasteiger charge is -2.05. The molecule has 2 N–H and O–H groups in total. The van der Waals surface area contributed by atoms with Crippen LogP contribution in [0.3, 0.4) is 0 Å². The Bertz CT molecular complexity index is 490. The van der Waals surface area contributed by atoms with E-state index in [0.29, 0.717) is 0 Å². The van der Waals surface area contributed by atoms with E-state index < -0.39 is 62.2 Å². The molecule has 0 aromatic rings. The van der Waals surface area contributed by atoms with Crippen LogP contribution in [0.5, 0.6) is 0 Å². The number of carboxylic acid groups (broad SMARTS) is 2. The Morgan fingerprint density at radius 3 is 1.12 bits per heavy atom. The van der Waals surface area contributed by atoms with Gasteiger partial charge in [0.05, 0.1) is 0 Å². The molecule has 0 aliphatic rings. The van der Waals surface area contributed by atoms with Gasteiger partial charge in [-0.15, -0.1) is 0 Å². The van der Waals surface area contributed by atoms with E-state index in [1.54, 1.807) is 0 Å². The van der Waals surface area contributed by atoms with Crippen molar-refractivity contribution in [1.29, 1.82) is 0 Å². The first kappa shape index (κ1) is 22.8. The van der Waals surface area contributed by atoms with Gasteiger partial charge in [0.2, 0.25) is 0 Å². The largest absolute Gasteiger partial charge is 0.479 e. The minimum atomic E-state index is -1.34. The minimum Gasteiger partial charge on any atom is -0.479 e. The molecule has 26 heavy (non-hydrogen) atoms. The second-order valence-electron chi connectivity index (χ2n) is 4.64. The summed E-state index contributed by atoms with van der Waals surface area (Å²) in [5.74, 6) is -6.15. The van der Waals surface area contributed by atoms with Crippen LogP contribution < -0.4 is 0 Å². The Balaban J connectivity index is 3.68. The van der Waals surface area contributed by atoms with Gasteiger partial charge in [-0.3, -0.25) is 9.59 Å². The predicted molar refractivity (Wildman–Crippen MR) is 77.6 cm³/mol. The molecular formula is C14H18O12. The van der Waals surface area contributed by atoms with Crippen molar-refractivity contribution in [3.8, 4) is 0 Å². The molecule has 0 heterocycles. The van der Waals surface area contributed by atoms with Gasteiger partial charge in [0, 0.05) is 12.8 Å². The molecule has 146 valence electrons. The van der Waals surface area contributed by atoms with Gasteiger partial charge < -0.3 is 29.2 Å². The molecule has 0 aliphatic heterocycles. The molecule has 0 atom stereocenters. The van der Waals surface area contributed by atoms with Gasteiger partial charge in [-0.1, -0.05) is 0 Å². The van der Waals surface area contributed by atoms with E-state index in [2.05, 4.69) is 18.9 Å². The van der Waals surface area contributed by atoms with E-state index >= 15 is 0 Å². The second kappa shape index (κ2) is 13.1. The molecule has 0 radical (unpaired) electrons. The number of carbonyl (C=O) groups excluding carboxylic acids is 4. The SMILES string of the molecule is O=C(O)COC(=O)COC(=O)CCCCC(=O)OCC(=O)OCC(=O)O. The number of carboxylic acids is 2. The number of esters is 4. The number of hydrogen-bond donors (Lipinski definition) is 2. The van der Waals surface area contributed by atoms with Crippen molar-refractivity contribution in [3.63, 3.8) is 0 Å². The summed E-state index contributed by atoms with van der Waals surface area (Å²) in [5.41, 5.74) is 0. The Hall–Kier alpha value is -3.18. The van der Waals surface area contributed by atoms with Gasteiger partial charge in [-0.2, -0.15) is 0 Å². The first-order valence-corrected chi connectivity index (χ1v) is 7.26. The van der Waals surface area contributed by atoms with Crippen molar-refractivity contribution in [3.05, 3.63) is 0 Å². The standard InChI is InChI=1S/C14H18O12/c15-9(16)5-23-13(21)7-25-11(19)3-1-2-4-12(20)26-8-14(22)24-6-10(17)18/h1-8H2,(H,15,16)(H,17,18). The first-order valence-electron chi connectivity index (χ1n) is 7.26. The summed E-state index contributed by atoms with van der Waals surface area (Å²) >= 11 is 0. The van der Waals surface area contributed by atoms with Gasteiger partial charge in [-0.05, 0) is 12.8 Å². The lowest BCUT2D eigenvalue weighted by molar-refractivity contribution is -0.163. The number of ether oxygens (including phenoxy) is 4. The Morgan fingerprint density at radius 1 is 0.500 bits per heavy atom. The fraction of sp³-hybridized carbons (Fsp3) is 0.571. The summed E-state index contributed by atoms with van der Waals surface area (Å²) in [5, 5.41) is 16.5. The van der Waals surface area contributed by atoms with E-state index in [1.165, 1.54) is 0 Å². The van der Waals surface area contributed by atoms with Gasteiger partial charge >= 0.3 is 35.8 Å². The maximum atomic E-state index is 11.3. The van der Waals surface area contributed by atoms with Crippen LogP contribution in [-0.4, -0.2) is 72.5 Å². The molecule has 0 saturated carbocycles. The van der Waals surface area contributed by atoms with E-state index in [0.717, 1.165) is 0 Å². The van der Waals surface area contributed by atoms with Crippen LogP contribution in [0.4, 0.5) is 0 Å². The third kappa shape index (κ3) is 14.4. The highest BCUT2D eigenvalue weighted by Gasteiger charge is 2.12. The summed E-state index contributed by atoms with van der Waals surface area (Å²) in [6.45, 7) is -3.09. The Kier molecular flexibility index (Phi) is 11.5. The highest BCUT2D eigenvalue weighted by molar-refractivity contribution is 5.79. The quantitative estimate of drug-likeness (QED) is 0.224. The lowest BCUT2D eigenvalue weighted by atomic mass is 10.2. The van der Waals surface area contributed by atoms with Crippen LogP contribution >= 0.6 is 0 Å². The zero-order chi connectivity index (χ0) is 19.9. The number of rotatable bonds is 13. The molecular weight excluding hydrogens is 360 g/mol. The van der Waals surface area contributed by atoms with Crippen LogP contribution in [0, 0.1) is 0 Å². The molecule has 12 heteroatoms. The summed E-state index contributed by atoms with van der Waals surface area (Å²) < 4.78 is 17.6. The first-order chi connectivity index (χ1) is 12.2. The molecule has 0 rings (SSSR count). The topological polar surface area (TPSA) is 180 Å². The molecule has 0 aliphatic carbocycles. The van der Waals surface area contributed by atoms with Crippen LogP contribution in [0.2, 0.25) is 0 Å². The van der Waals surface area contributed by atoms with Crippen molar-refractivity contribution in [1.82, 2.24) is 0 Å². The van der Waals surface area contributed by atoms with E-state index in [4.69, 9.17) is 10.2 Å². The molecule has 0 saturated heterocycles. The third-order valence-electron chi connectivity index (χ3n) is 2.43.